The highest BCUT2D eigenvalue weighted by atomic mass is 19.4. The fourth-order valence-corrected chi connectivity index (χ4v) is 4.47. The number of hydrogen-bond acceptors (Lipinski definition) is 4. The molecule has 0 spiro atoms. The van der Waals surface area contributed by atoms with Gasteiger partial charge in [0.2, 0.25) is 5.91 Å². The molecule has 0 bridgehead atoms. The number of alkyl halides is 3. The Labute approximate surface area is 211 Å². The molecule has 0 aromatic heterocycles. The second-order valence-corrected chi connectivity index (χ2v) is 10.6. The predicted octanol–water partition coefficient (Wildman–Crippen LogP) is 4.91. The van der Waals surface area contributed by atoms with Gasteiger partial charge in [-0.05, 0) is 57.6 Å². The number of likely N-dealkylation sites (tertiary alicyclic amines) is 1. The average Bonchev–Trinajstić information content (AvgIpc) is 3.05. The molecule has 2 aliphatic rings. The fraction of sp³-hybridized carbons (Fsp3) is 0.519. The van der Waals surface area contributed by atoms with E-state index in [2.05, 4.69) is 0 Å². The Kier molecular flexibility index (Phi) is 7.44. The molecular weight excluding hydrogens is 470 g/mol. The van der Waals surface area contributed by atoms with Crippen molar-refractivity contribution in [1.29, 1.82) is 0 Å². The molecule has 2 aromatic rings. The summed E-state index contributed by atoms with van der Waals surface area (Å²) >= 11 is 0. The van der Waals surface area contributed by atoms with Crippen LogP contribution in [0.4, 0.5) is 13.2 Å². The third-order valence-corrected chi connectivity index (χ3v) is 7.50. The summed E-state index contributed by atoms with van der Waals surface area (Å²) < 4.78 is 57.6. The van der Waals surface area contributed by atoms with Crippen LogP contribution in [-0.4, -0.2) is 48.4 Å². The molecule has 194 valence electrons. The quantitative estimate of drug-likeness (QED) is 0.526. The lowest BCUT2D eigenvalue weighted by atomic mass is 9.78. The van der Waals surface area contributed by atoms with Crippen molar-refractivity contribution in [1.82, 2.24) is 4.90 Å². The van der Waals surface area contributed by atoms with E-state index in [9.17, 15) is 18.0 Å². The number of carbonyl (C=O) groups excluding carboxylic acids is 1. The van der Waals surface area contributed by atoms with Crippen molar-refractivity contribution < 1.29 is 32.0 Å². The Balaban J connectivity index is 1.53. The number of halogens is 3. The van der Waals surface area contributed by atoms with Crippen LogP contribution in [0.15, 0.2) is 48.5 Å². The maximum atomic E-state index is 13.1. The van der Waals surface area contributed by atoms with E-state index in [-0.39, 0.29) is 38.3 Å². The van der Waals surface area contributed by atoms with Crippen molar-refractivity contribution in [3.05, 3.63) is 59.7 Å². The van der Waals surface area contributed by atoms with Gasteiger partial charge in [0.1, 0.15) is 12.4 Å². The van der Waals surface area contributed by atoms with E-state index in [1.54, 1.807) is 0 Å². The van der Waals surface area contributed by atoms with Crippen molar-refractivity contribution in [3.63, 3.8) is 0 Å². The van der Waals surface area contributed by atoms with Gasteiger partial charge in [-0.3, -0.25) is 4.79 Å². The van der Waals surface area contributed by atoms with Gasteiger partial charge in [-0.2, -0.15) is 13.2 Å². The van der Waals surface area contributed by atoms with Crippen LogP contribution in [0.5, 0.6) is 5.75 Å². The van der Waals surface area contributed by atoms with Crippen LogP contribution in [0.2, 0.25) is 0 Å². The number of hydrogen-bond donors (Lipinski definition) is 0. The second kappa shape index (κ2) is 10.1. The van der Waals surface area contributed by atoms with Crippen molar-refractivity contribution in [2.75, 3.05) is 13.1 Å². The van der Waals surface area contributed by atoms with Crippen LogP contribution in [0.3, 0.4) is 0 Å². The van der Waals surface area contributed by atoms with Crippen molar-refractivity contribution in [3.8, 4) is 5.75 Å². The minimum absolute atomic E-state index is 0.0220. The molecule has 0 saturated carbocycles. The van der Waals surface area contributed by atoms with Crippen LogP contribution in [0, 0.1) is 5.92 Å². The van der Waals surface area contributed by atoms with Gasteiger partial charge in [-0.1, -0.05) is 42.5 Å². The number of amides is 1. The second-order valence-electron chi connectivity index (χ2n) is 10.6. The molecule has 4 rings (SSSR count). The summed E-state index contributed by atoms with van der Waals surface area (Å²) in [5, 5.41) is 0. The van der Waals surface area contributed by atoms with Crippen LogP contribution in [0.1, 0.15) is 51.7 Å². The molecule has 2 aliphatic heterocycles. The first kappa shape index (κ1) is 26.5. The van der Waals surface area contributed by atoms with Crippen LogP contribution < -0.4 is 10.2 Å². The summed E-state index contributed by atoms with van der Waals surface area (Å²) in [5.41, 5.74) is 1.37. The van der Waals surface area contributed by atoms with E-state index in [1.807, 2.05) is 76.2 Å². The first-order valence-corrected chi connectivity index (χ1v) is 12.4. The number of rotatable bonds is 6. The molecule has 2 fully saturated rings. The lowest BCUT2D eigenvalue weighted by Gasteiger charge is -2.33. The Morgan fingerprint density at radius 3 is 2.22 bits per heavy atom. The predicted molar refractivity (Wildman–Crippen MR) is 132 cm³/mol. The van der Waals surface area contributed by atoms with Gasteiger partial charge >= 0.3 is 13.3 Å². The Morgan fingerprint density at radius 1 is 1.03 bits per heavy atom. The summed E-state index contributed by atoms with van der Waals surface area (Å²) in [6, 6.07) is 15.2. The summed E-state index contributed by atoms with van der Waals surface area (Å²) in [4.78, 5) is 14.6. The molecule has 5 nitrogen and oxygen atoms in total. The molecule has 36 heavy (non-hydrogen) atoms. The van der Waals surface area contributed by atoms with E-state index in [0.29, 0.717) is 17.9 Å². The first-order chi connectivity index (χ1) is 16.9. The Bertz CT molecular complexity index is 1050. The number of piperidine rings is 1. The number of benzene rings is 2. The number of carbonyl (C=O) groups is 1. The van der Waals surface area contributed by atoms with Crippen LogP contribution >= 0.6 is 0 Å². The zero-order valence-corrected chi connectivity index (χ0v) is 21.2. The molecule has 1 amide bonds. The Hall–Kier alpha value is -2.52. The molecule has 0 unspecified atom stereocenters. The first-order valence-electron chi connectivity index (χ1n) is 12.4. The SMILES string of the molecule is CC1(C)OB(c2ccc(OCc3ccccc3)c(CC(=O)N3CCC(C(F)(F)F)CC3)c2)OC1(C)C. The van der Waals surface area contributed by atoms with Crippen LogP contribution in [0.25, 0.3) is 0 Å². The lowest BCUT2D eigenvalue weighted by molar-refractivity contribution is -0.186. The molecule has 0 atom stereocenters. The molecule has 0 N–H and O–H groups in total. The normalized spacial score (nSPS) is 20.0. The van der Waals surface area contributed by atoms with E-state index >= 15 is 0 Å². The molecule has 2 aromatic carbocycles. The van der Waals surface area contributed by atoms with Gasteiger partial charge < -0.3 is 18.9 Å². The monoisotopic (exact) mass is 503 g/mol. The third kappa shape index (κ3) is 5.89. The van der Waals surface area contributed by atoms with Crippen molar-refractivity contribution >= 4 is 18.5 Å². The van der Waals surface area contributed by atoms with Gasteiger partial charge in [0.15, 0.2) is 0 Å². The van der Waals surface area contributed by atoms with Gasteiger partial charge in [0.25, 0.3) is 0 Å². The van der Waals surface area contributed by atoms with E-state index < -0.39 is 30.4 Å². The molecular formula is C27H33BF3NO4. The van der Waals surface area contributed by atoms with Gasteiger partial charge in [0, 0.05) is 18.7 Å². The highest BCUT2D eigenvalue weighted by Crippen LogP contribution is 2.37. The smallest absolute Gasteiger partial charge is 0.489 e. The topological polar surface area (TPSA) is 48.0 Å². The molecule has 0 radical (unpaired) electrons. The van der Waals surface area contributed by atoms with Crippen molar-refractivity contribution in [2.24, 2.45) is 5.92 Å². The summed E-state index contributed by atoms with van der Waals surface area (Å²) in [7, 11) is -0.602. The minimum atomic E-state index is -4.22. The maximum Gasteiger partial charge on any atom is 0.494 e. The van der Waals surface area contributed by atoms with Gasteiger partial charge in [-0.15, -0.1) is 0 Å². The summed E-state index contributed by atoms with van der Waals surface area (Å²) in [5.74, 6) is -1.01. The summed E-state index contributed by atoms with van der Waals surface area (Å²) in [6.45, 7) is 8.41. The standard InChI is InChI=1S/C27H33BF3NO4/c1-25(2)26(3,4)36-28(35-25)22-10-11-23(34-18-19-8-6-5-7-9-19)20(16-22)17-24(33)32-14-12-21(13-15-32)27(29,30)31/h5-11,16,21H,12-15,17-18H2,1-4H3. The number of ether oxygens (including phenoxy) is 1. The molecule has 0 aliphatic carbocycles. The third-order valence-electron chi connectivity index (χ3n) is 7.50. The van der Waals surface area contributed by atoms with Crippen molar-refractivity contribution in [2.45, 2.75) is 70.9 Å². The van der Waals surface area contributed by atoms with E-state index in [0.717, 1.165) is 11.0 Å². The van der Waals surface area contributed by atoms with Crippen LogP contribution in [-0.2, 0) is 27.1 Å². The summed E-state index contributed by atoms with van der Waals surface area (Å²) in [6.07, 6.45) is -4.33. The molecule has 2 saturated heterocycles. The zero-order chi connectivity index (χ0) is 26.1. The van der Waals surface area contributed by atoms with E-state index in [1.165, 1.54) is 4.90 Å². The zero-order valence-electron chi connectivity index (χ0n) is 21.2. The fourth-order valence-electron chi connectivity index (χ4n) is 4.47. The maximum absolute atomic E-state index is 13.1. The van der Waals surface area contributed by atoms with E-state index in [4.69, 9.17) is 14.0 Å². The Morgan fingerprint density at radius 2 is 1.64 bits per heavy atom. The number of nitrogens with zero attached hydrogens (tertiary/aromatic N) is 1. The largest absolute Gasteiger partial charge is 0.494 e. The highest BCUT2D eigenvalue weighted by Gasteiger charge is 2.51. The molecule has 2 heterocycles. The lowest BCUT2D eigenvalue weighted by Crippen LogP contribution is -2.42. The average molecular weight is 503 g/mol. The van der Waals surface area contributed by atoms with Gasteiger partial charge in [-0.25, -0.2) is 0 Å². The van der Waals surface area contributed by atoms with Gasteiger partial charge in [0.05, 0.1) is 23.5 Å². The minimum Gasteiger partial charge on any atom is -0.489 e. The molecule has 9 heteroatoms. The highest BCUT2D eigenvalue weighted by molar-refractivity contribution is 6.62.